The van der Waals surface area contributed by atoms with Gasteiger partial charge >= 0.3 is 5.97 Å². The third-order valence-electron chi connectivity index (χ3n) is 0.402. The summed E-state index contributed by atoms with van der Waals surface area (Å²) < 4.78 is 4.61. The molecule has 5 N–H and O–H groups in total. The third kappa shape index (κ3) is 52.9. The molecule has 0 atom stereocenters. The molecular formula is C6H15N3O2. The summed E-state index contributed by atoms with van der Waals surface area (Å²) in [5.41, 5.74) is 8.94. The average Bonchev–Trinajstić information content (AvgIpc) is 1.56. The number of hydrogen-bond acceptors (Lipinski definition) is 3. The molecule has 0 fully saturated rings. The summed E-state index contributed by atoms with van der Waals surface area (Å²) in [5, 5.41) is 6.06. The SMILES string of the molecule is CC(=O)OC(C)C.N=C(N)N. The van der Waals surface area contributed by atoms with Crippen molar-refractivity contribution in [3.63, 3.8) is 0 Å². The first kappa shape index (κ1) is 12.4. The van der Waals surface area contributed by atoms with E-state index in [1.54, 1.807) is 0 Å². The van der Waals surface area contributed by atoms with Crippen LogP contribution in [0.2, 0.25) is 0 Å². The van der Waals surface area contributed by atoms with Crippen LogP contribution in [0.4, 0.5) is 0 Å². The summed E-state index contributed by atoms with van der Waals surface area (Å²) in [6.07, 6.45) is 0.0255. The number of nitrogens with one attached hydrogen (secondary N) is 1. The first-order valence-electron chi connectivity index (χ1n) is 3.13. The lowest BCUT2D eigenvalue weighted by molar-refractivity contribution is -0.144. The van der Waals surface area contributed by atoms with Gasteiger partial charge in [-0.2, -0.15) is 0 Å². The van der Waals surface area contributed by atoms with Gasteiger partial charge in [0.1, 0.15) is 0 Å². The largest absolute Gasteiger partial charge is 0.463 e. The first-order valence-corrected chi connectivity index (χ1v) is 3.13. The van der Waals surface area contributed by atoms with E-state index in [4.69, 9.17) is 5.41 Å². The fraction of sp³-hybridized carbons (Fsp3) is 0.667. The van der Waals surface area contributed by atoms with E-state index in [1.807, 2.05) is 13.8 Å². The summed E-state index contributed by atoms with van der Waals surface area (Å²) in [4.78, 5) is 10.0. The topological polar surface area (TPSA) is 102 Å². The second-order valence-corrected chi connectivity index (χ2v) is 2.11. The Morgan fingerprint density at radius 2 is 1.73 bits per heavy atom. The van der Waals surface area contributed by atoms with Crippen LogP contribution in [0, 0.1) is 5.41 Å². The second kappa shape index (κ2) is 6.85. The molecular weight excluding hydrogens is 146 g/mol. The van der Waals surface area contributed by atoms with E-state index >= 15 is 0 Å². The highest BCUT2D eigenvalue weighted by molar-refractivity contribution is 5.71. The van der Waals surface area contributed by atoms with Crippen molar-refractivity contribution in [3.8, 4) is 0 Å². The lowest BCUT2D eigenvalue weighted by atomic mass is 10.5. The summed E-state index contributed by atoms with van der Waals surface area (Å²) in [6, 6.07) is 0. The van der Waals surface area contributed by atoms with Crippen LogP contribution in [-0.2, 0) is 9.53 Å². The van der Waals surface area contributed by atoms with Gasteiger partial charge in [-0.1, -0.05) is 0 Å². The molecule has 0 saturated carbocycles. The third-order valence-corrected chi connectivity index (χ3v) is 0.402. The van der Waals surface area contributed by atoms with Crippen molar-refractivity contribution in [1.82, 2.24) is 0 Å². The number of carbonyl (C=O) groups excluding carboxylic acids is 1. The minimum Gasteiger partial charge on any atom is -0.463 e. The van der Waals surface area contributed by atoms with Crippen molar-refractivity contribution >= 4 is 11.9 Å². The minimum atomic E-state index is -0.333. The Balaban J connectivity index is 0. The highest BCUT2D eigenvalue weighted by Gasteiger charge is 1.93. The first-order chi connectivity index (χ1) is 4.86. The molecule has 0 aromatic carbocycles. The van der Waals surface area contributed by atoms with Gasteiger partial charge in [-0.05, 0) is 13.8 Å². The maximum atomic E-state index is 10.0. The van der Waals surface area contributed by atoms with E-state index in [0.29, 0.717) is 0 Å². The molecule has 0 saturated heterocycles. The highest BCUT2D eigenvalue weighted by Crippen LogP contribution is 1.85. The monoisotopic (exact) mass is 161 g/mol. The van der Waals surface area contributed by atoms with Crippen LogP contribution < -0.4 is 11.5 Å². The smallest absolute Gasteiger partial charge is 0.302 e. The van der Waals surface area contributed by atoms with Gasteiger partial charge in [-0.15, -0.1) is 0 Å². The Kier molecular flexibility index (Phi) is 7.74. The standard InChI is InChI=1S/C5H10O2.CH5N3/c1-4(2)7-5(3)6;2-1(3)4/h4H,1-3H3;(H5,2,3,4). The normalized spacial score (nSPS) is 8.00. The summed E-state index contributed by atoms with van der Waals surface area (Å²) in [6.45, 7) is 5.04. The van der Waals surface area contributed by atoms with Crippen LogP contribution in [-0.4, -0.2) is 18.0 Å². The maximum absolute atomic E-state index is 10.0. The van der Waals surface area contributed by atoms with E-state index in [2.05, 4.69) is 16.2 Å². The summed E-state index contributed by atoms with van der Waals surface area (Å²) >= 11 is 0. The number of carbonyl (C=O) groups is 1. The molecule has 0 aromatic heterocycles. The predicted molar refractivity (Wildman–Crippen MR) is 43.0 cm³/mol. The zero-order valence-electron chi connectivity index (χ0n) is 7.05. The van der Waals surface area contributed by atoms with Crippen molar-refractivity contribution in [3.05, 3.63) is 0 Å². The van der Waals surface area contributed by atoms with E-state index < -0.39 is 0 Å². The molecule has 0 unspecified atom stereocenters. The molecule has 5 heteroatoms. The maximum Gasteiger partial charge on any atom is 0.302 e. The Hall–Kier alpha value is -1.26. The van der Waals surface area contributed by atoms with Crippen LogP contribution in [0.3, 0.4) is 0 Å². The number of guanidine groups is 1. The average molecular weight is 161 g/mol. The molecule has 66 valence electrons. The zero-order chi connectivity index (χ0) is 9.44. The summed E-state index contributed by atoms with van der Waals surface area (Å²) in [7, 11) is 0. The number of ether oxygens (including phenoxy) is 1. The van der Waals surface area contributed by atoms with Gasteiger partial charge in [0.25, 0.3) is 0 Å². The van der Waals surface area contributed by atoms with Gasteiger partial charge in [0, 0.05) is 6.92 Å². The second-order valence-electron chi connectivity index (χ2n) is 2.11. The zero-order valence-corrected chi connectivity index (χ0v) is 7.05. The molecule has 0 heterocycles. The van der Waals surface area contributed by atoms with Gasteiger partial charge in [0.05, 0.1) is 6.10 Å². The molecule has 5 nitrogen and oxygen atoms in total. The summed E-state index contributed by atoms with van der Waals surface area (Å²) in [5.74, 6) is -0.546. The van der Waals surface area contributed by atoms with Gasteiger partial charge < -0.3 is 16.2 Å². The highest BCUT2D eigenvalue weighted by atomic mass is 16.5. The lowest BCUT2D eigenvalue weighted by Gasteiger charge is -2.01. The van der Waals surface area contributed by atoms with Crippen molar-refractivity contribution in [2.75, 3.05) is 0 Å². The van der Waals surface area contributed by atoms with Gasteiger partial charge in [-0.3, -0.25) is 10.2 Å². The number of hydrogen-bond donors (Lipinski definition) is 3. The molecule has 0 radical (unpaired) electrons. The fourth-order valence-corrected chi connectivity index (χ4v) is 0.332. The van der Waals surface area contributed by atoms with E-state index in [0.717, 1.165) is 0 Å². The quantitative estimate of drug-likeness (QED) is 0.281. The Labute approximate surface area is 66.2 Å². The van der Waals surface area contributed by atoms with E-state index in [9.17, 15) is 4.79 Å². The molecule has 0 aliphatic heterocycles. The number of esters is 1. The molecule has 0 aliphatic carbocycles. The lowest BCUT2D eigenvalue weighted by Crippen LogP contribution is -2.20. The van der Waals surface area contributed by atoms with E-state index in [1.165, 1.54) is 6.92 Å². The Morgan fingerprint density at radius 1 is 1.45 bits per heavy atom. The molecule has 0 spiro atoms. The Morgan fingerprint density at radius 3 is 1.73 bits per heavy atom. The van der Waals surface area contributed by atoms with Gasteiger partial charge in [-0.25, -0.2) is 0 Å². The molecule has 0 bridgehead atoms. The minimum absolute atomic E-state index is 0.0255. The molecule has 0 rings (SSSR count). The van der Waals surface area contributed by atoms with Crippen LogP contribution in [0.5, 0.6) is 0 Å². The molecule has 11 heavy (non-hydrogen) atoms. The van der Waals surface area contributed by atoms with Crippen LogP contribution in [0.1, 0.15) is 20.8 Å². The van der Waals surface area contributed by atoms with Crippen LogP contribution in [0.25, 0.3) is 0 Å². The van der Waals surface area contributed by atoms with E-state index in [-0.39, 0.29) is 18.0 Å². The van der Waals surface area contributed by atoms with Crippen LogP contribution >= 0.6 is 0 Å². The fourth-order valence-electron chi connectivity index (χ4n) is 0.332. The Bertz CT molecular complexity index is 130. The molecule has 0 aliphatic rings. The van der Waals surface area contributed by atoms with Crippen molar-refractivity contribution < 1.29 is 9.53 Å². The van der Waals surface area contributed by atoms with Crippen molar-refractivity contribution in [2.24, 2.45) is 11.5 Å². The number of nitrogens with two attached hydrogens (primary N) is 2. The predicted octanol–water partition coefficient (Wildman–Crippen LogP) is -0.204. The van der Waals surface area contributed by atoms with Crippen LogP contribution in [0.15, 0.2) is 0 Å². The van der Waals surface area contributed by atoms with Gasteiger partial charge in [0.15, 0.2) is 5.96 Å². The van der Waals surface area contributed by atoms with Crippen molar-refractivity contribution in [1.29, 1.82) is 5.41 Å². The van der Waals surface area contributed by atoms with Gasteiger partial charge in [0.2, 0.25) is 0 Å². The van der Waals surface area contributed by atoms with Crippen molar-refractivity contribution in [2.45, 2.75) is 26.9 Å². The molecule has 0 aromatic rings. The number of rotatable bonds is 1. The molecule has 0 amide bonds.